The van der Waals surface area contributed by atoms with Crippen molar-refractivity contribution in [3.8, 4) is 0 Å². The maximum absolute atomic E-state index is 12.3. The van der Waals surface area contributed by atoms with Gasteiger partial charge in [0.15, 0.2) is 0 Å². The Labute approximate surface area is 325 Å². The normalized spacial score (nSPS) is 12.5. The molecule has 0 saturated heterocycles. The van der Waals surface area contributed by atoms with Crippen LogP contribution in [0.2, 0.25) is 0 Å². The number of carbonyl (C=O) groups is 1. The van der Waals surface area contributed by atoms with Crippen molar-refractivity contribution < 1.29 is 19.0 Å². The summed E-state index contributed by atoms with van der Waals surface area (Å²) >= 11 is 0. The summed E-state index contributed by atoms with van der Waals surface area (Å²) in [6.45, 7) is 8.38. The topological polar surface area (TPSA) is 60.0 Å². The van der Waals surface area contributed by atoms with Crippen molar-refractivity contribution in [3.63, 3.8) is 0 Å². The summed E-state index contributed by atoms with van der Waals surface area (Å²) in [6.07, 6.45) is 47.5. The van der Waals surface area contributed by atoms with Gasteiger partial charge in [-0.3, -0.25) is 0 Å². The standard InChI is InChI=1S/C46H90N2O4/c1-5-7-9-11-13-15-17-19-21-23-25-27-29-31-33-37-41-50-43-45(44-52-46(49)47-39-35-36-40-48(3)4)51-42-38-34-32-30-28-26-24-22-20-18-16-14-12-10-8-6-2/h19-22,45H,5-18,23-44H2,1-4H3,(H,47,49)/b21-19-,22-20-. The van der Waals surface area contributed by atoms with Crippen molar-refractivity contribution >= 4 is 6.09 Å². The molecular weight excluding hydrogens is 645 g/mol. The Morgan fingerprint density at radius 3 is 1.40 bits per heavy atom. The van der Waals surface area contributed by atoms with Crippen LogP contribution in [-0.4, -0.2) is 70.7 Å². The first kappa shape index (κ1) is 50.6. The van der Waals surface area contributed by atoms with Gasteiger partial charge in [0.05, 0.1) is 6.61 Å². The molecule has 1 atom stereocenters. The first-order valence-corrected chi connectivity index (χ1v) is 22.6. The fourth-order valence-corrected chi connectivity index (χ4v) is 6.37. The van der Waals surface area contributed by atoms with Gasteiger partial charge >= 0.3 is 6.09 Å². The zero-order valence-corrected chi connectivity index (χ0v) is 35.4. The van der Waals surface area contributed by atoms with Gasteiger partial charge in [-0.15, -0.1) is 0 Å². The molecule has 52 heavy (non-hydrogen) atoms. The number of rotatable bonds is 42. The second-order valence-electron chi connectivity index (χ2n) is 15.5. The molecule has 0 radical (unpaired) electrons. The highest BCUT2D eigenvalue weighted by molar-refractivity contribution is 5.67. The lowest BCUT2D eigenvalue weighted by atomic mass is 10.1. The summed E-state index contributed by atoms with van der Waals surface area (Å²) in [7, 11) is 4.14. The van der Waals surface area contributed by atoms with Crippen molar-refractivity contribution in [1.82, 2.24) is 10.2 Å². The summed E-state index contributed by atoms with van der Waals surface area (Å²) in [5, 5.41) is 2.88. The summed E-state index contributed by atoms with van der Waals surface area (Å²) in [6, 6.07) is 0. The third kappa shape index (κ3) is 43.0. The Hall–Kier alpha value is -1.37. The quantitative estimate of drug-likeness (QED) is 0.0500. The molecule has 0 aliphatic carbocycles. The number of carbonyl (C=O) groups excluding carboxylic acids is 1. The molecule has 0 rings (SSSR count). The van der Waals surface area contributed by atoms with Gasteiger partial charge in [-0.05, 0) is 97.7 Å². The lowest BCUT2D eigenvalue weighted by Gasteiger charge is -2.18. The molecule has 0 spiro atoms. The molecule has 0 aromatic heterocycles. The first-order chi connectivity index (χ1) is 25.6. The molecule has 0 aliphatic rings. The average Bonchev–Trinajstić information content (AvgIpc) is 3.13. The third-order valence-corrected chi connectivity index (χ3v) is 9.82. The highest BCUT2D eigenvalue weighted by Gasteiger charge is 2.13. The molecule has 0 heterocycles. The van der Waals surface area contributed by atoms with E-state index in [1.165, 1.54) is 167 Å². The fraction of sp³-hybridized carbons (Fsp3) is 0.891. The lowest BCUT2D eigenvalue weighted by Crippen LogP contribution is -2.32. The number of ether oxygens (including phenoxy) is 3. The average molecular weight is 735 g/mol. The number of nitrogens with one attached hydrogen (secondary N) is 1. The predicted molar refractivity (Wildman–Crippen MR) is 227 cm³/mol. The molecule has 6 nitrogen and oxygen atoms in total. The molecule has 0 saturated carbocycles. The van der Waals surface area contributed by atoms with Gasteiger partial charge < -0.3 is 24.4 Å². The van der Waals surface area contributed by atoms with E-state index in [1.807, 2.05) is 0 Å². The number of hydrogen-bond donors (Lipinski definition) is 1. The monoisotopic (exact) mass is 735 g/mol. The largest absolute Gasteiger partial charge is 0.447 e. The van der Waals surface area contributed by atoms with Gasteiger partial charge in [0.2, 0.25) is 0 Å². The molecule has 1 N–H and O–H groups in total. The second kappa shape index (κ2) is 44.0. The van der Waals surface area contributed by atoms with E-state index in [0.717, 1.165) is 38.8 Å². The van der Waals surface area contributed by atoms with Gasteiger partial charge in [-0.2, -0.15) is 0 Å². The smallest absolute Gasteiger partial charge is 0.407 e. The minimum Gasteiger partial charge on any atom is -0.447 e. The number of alkyl carbamates (subject to hydrolysis) is 1. The van der Waals surface area contributed by atoms with E-state index in [-0.39, 0.29) is 18.8 Å². The Kier molecular flexibility index (Phi) is 42.9. The summed E-state index contributed by atoms with van der Waals surface area (Å²) < 4.78 is 17.7. The van der Waals surface area contributed by atoms with Crippen LogP contribution in [0.25, 0.3) is 0 Å². The van der Waals surface area contributed by atoms with E-state index >= 15 is 0 Å². The van der Waals surface area contributed by atoms with E-state index in [9.17, 15) is 4.79 Å². The Bertz CT molecular complexity index is 757. The van der Waals surface area contributed by atoms with E-state index in [2.05, 4.69) is 62.5 Å². The van der Waals surface area contributed by atoms with Crippen LogP contribution in [0.4, 0.5) is 4.79 Å². The molecule has 0 fully saturated rings. The van der Waals surface area contributed by atoms with Crippen LogP contribution in [0.1, 0.15) is 206 Å². The van der Waals surface area contributed by atoms with Gasteiger partial charge in [-0.25, -0.2) is 4.79 Å². The summed E-state index contributed by atoms with van der Waals surface area (Å²) in [4.78, 5) is 14.4. The van der Waals surface area contributed by atoms with Gasteiger partial charge in [0, 0.05) is 19.8 Å². The number of hydrogen-bond acceptors (Lipinski definition) is 5. The zero-order chi connectivity index (χ0) is 37.8. The second-order valence-corrected chi connectivity index (χ2v) is 15.5. The van der Waals surface area contributed by atoms with Crippen LogP contribution in [-0.2, 0) is 14.2 Å². The van der Waals surface area contributed by atoms with Crippen molar-refractivity contribution in [1.29, 1.82) is 0 Å². The minimum absolute atomic E-state index is 0.211. The first-order valence-electron chi connectivity index (χ1n) is 22.6. The van der Waals surface area contributed by atoms with Gasteiger partial charge in [0.1, 0.15) is 12.7 Å². The van der Waals surface area contributed by atoms with Crippen LogP contribution in [0.3, 0.4) is 0 Å². The number of amides is 1. The number of nitrogens with zero attached hydrogens (tertiary/aromatic N) is 1. The Morgan fingerprint density at radius 1 is 0.519 bits per heavy atom. The van der Waals surface area contributed by atoms with Crippen molar-refractivity contribution in [2.24, 2.45) is 0 Å². The number of allylic oxidation sites excluding steroid dienone is 4. The zero-order valence-electron chi connectivity index (χ0n) is 35.4. The molecule has 0 bridgehead atoms. The van der Waals surface area contributed by atoms with Crippen LogP contribution < -0.4 is 5.32 Å². The van der Waals surface area contributed by atoms with Crippen LogP contribution >= 0.6 is 0 Å². The molecule has 0 aromatic carbocycles. The Morgan fingerprint density at radius 2 is 0.942 bits per heavy atom. The van der Waals surface area contributed by atoms with E-state index in [1.54, 1.807) is 0 Å². The Balaban J connectivity index is 4.02. The molecular formula is C46H90N2O4. The van der Waals surface area contributed by atoms with E-state index in [4.69, 9.17) is 14.2 Å². The summed E-state index contributed by atoms with van der Waals surface area (Å²) in [5.74, 6) is 0. The van der Waals surface area contributed by atoms with Crippen LogP contribution in [0.15, 0.2) is 24.3 Å². The molecule has 1 unspecified atom stereocenters. The molecule has 0 aliphatic heterocycles. The van der Waals surface area contributed by atoms with Crippen molar-refractivity contribution in [2.45, 2.75) is 213 Å². The van der Waals surface area contributed by atoms with Gasteiger partial charge in [0.25, 0.3) is 0 Å². The van der Waals surface area contributed by atoms with Gasteiger partial charge in [-0.1, -0.05) is 154 Å². The molecule has 1 amide bonds. The van der Waals surface area contributed by atoms with Crippen molar-refractivity contribution in [3.05, 3.63) is 24.3 Å². The predicted octanol–water partition coefficient (Wildman–Crippen LogP) is 13.5. The highest BCUT2D eigenvalue weighted by Crippen LogP contribution is 2.12. The SMILES string of the molecule is CCCCCCCC/C=C\CCCCCCCCOCC(COC(=O)NCCCCN(C)C)OCCCCCCCC/C=C\CCCCCCCC. The molecule has 6 heteroatoms. The maximum Gasteiger partial charge on any atom is 0.407 e. The van der Waals surface area contributed by atoms with Crippen molar-refractivity contribution in [2.75, 3.05) is 53.6 Å². The van der Waals surface area contributed by atoms with Crippen LogP contribution in [0.5, 0.6) is 0 Å². The molecule has 308 valence electrons. The summed E-state index contributed by atoms with van der Waals surface area (Å²) in [5.41, 5.74) is 0. The fourth-order valence-electron chi connectivity index (χ4n) is 6.37. The maximum atomic E-state index is 12.3. The highest BCUT2D eigenvalue weighted by atomic mass is 16.6. The van der Waals surface area contributed by atoms with E-state index in [0.29, 0.717) is 19.8 Å². The van der Waals surface area contributed by atoms with E-state index < -0.39 is 0 Å². The minimum atomic E-state index is -0.357. The third-order valence-electron chi connectivity index (χ3n) is 9.82. The lowest BCUT2D eigenvalue weighted by molar-refractivity contribution is -0.0468. The van der Waals surface area contributed by atoms with Crippen LogP contribution in [0, 0.1) is 0 Å². The number of unbranched alkanes of at least 4 members (excludes halogenated alkanes) is 25. The molecule has 0 aromatic rings.